The minimum Gasteiger partial charge on any atom is -0.351 e. The van der Waals surface area contributed by atoms with Crippen molar-refractivity contribution in [3.8, 4) is 0 Å². The molecule has 1 fully saturated rings. The van der Waals surface area contributed by atoms with Gasteiger partial charge in [0, 0.05) is 23.9 Å². The second kappa shape index (κ2) is 5.96. The summed E-state index contributed by atoms with van der Waals surface area (Å²) in [7, 11) is 0. The Morgan fingerprint density at radius 3 is 2.89 bits per heavy atom. The maximum Gasteiger partial charge on any atom is 0.220 e. The van der Waals surface area contributed by atoms with E-state index in [-0.39, 0.29) is 11.4 Å². The molecule has 1 aromatic heterocycles. The third-order valence-corrected chi connectivity index (χ3v) is 3.48. The number of rotatable bonds is 4. The molecule has 0 spiro atoms. The van der Waals surface area contributed by atoms with Crippen LogP contribution in [0, 0.1) is 0 Å². The van der Waals surface area contributed by atoms with Gasteiger partial charge >= 0.3 is 0 Å². The average molecular weight is 247 g/mol. The Morgan fingerprint density at radius 2 is 2.22 bits per heavy atom. The van der Waals surface area contributed by atoms with Gasteiger partial charge in [-0.1, -0.05) is 6.07 Å². The van der Waals surface area contributed by atoms with Gasteiger partial charge in [-0.05, 0) is 51.4 Å². The topological polar surface area (TPSA) is 54.0 Å². The van der Waals surface area contributed by atoms with E-state index in [1.165, 1.54) is 0 Å². The number of carbonyl (C=O) groups is 1. The second-order valence-corrected chi connectivity index (χ2v) is 5.18. The fourth-order valence-electron chi connectivity index (χ4n) is 2.29. The Hall–Kier alpha value is -1.42. The van der Waals surface area contributed by atoms with Gasteiger partial charge in [-0.15, -0.1) is 0 Å². The number of hydrogen-bond donors (Lipinski definition) is 2. The highest BCUT2D eigenvalue weighted by Gasteiger charge is 2.27. The molecule has 1 aliphatic rings. The van der Waals surface area contributed by atoms with Crippen LogP contribution in [-0.2, 0) is 11.2 Å². The summed E-state index contributed by atoms with van der Waals surface area (Å²) in [6, 6.07) is 5.80. The van der Waals surface area contributed by atoms with Crippen molar-refractivity contribution in [3.63, 3.8) is 0 Å². The van der Waals surface area contributed by atoms with Crippen LogP contribution in [0.3, 0.4) is 0 Å². The molecule has 2 N–H and O–H groups in total. The van der Waals surface area contributed by atoms with Crippen molar-refractivity contribution >= 4 is 5.91 Å². The summed E-state index contributed by atoms with van der Waals surface area (Å²) in [5, 5.41) is 6.47. The van der Waals surface area contributed by atoms with Crippen LogP contribution in [0.2, 0.25) is 0 Å². The van der Waals surface area contributed by atoms with E-state index in [4.69, 9.17) is 0 Å². The van der Waals surface area contributed by atoms with Crippen molar-refractivity contribution in [2.24, 2.45) is 0 Å². The zero-order chi connectivity index (χ0) is 12.8. The number of amides is 1. The second-order valence-electron chi connectivity index (χ2n) is 5.18. The summed E-state index contributed by atoms with van der Waals surface area (Å²) in [4.78, 5) is 16.2. The van der Waals surface area contributed by atoms with Gasteiger partial charge in [0.25, 0.3) is 0 Å². The minimum atomic E-state index is -0.0353. The molecule has 98 valence electrons. The molecule has 1 aromatic rings. The van der Waals surface area contributed by atoms with Crippen molar-refractivity contribution in [2.75, 3.05) is 13.1 Å². The molecule has 0 unspecified atom stereocenters. The van der Waals surface area contributed by atoms with Crippen LogP contribution >= 0.6 is 0 Å². The molecule has 4 nitrogen and oxygen atoms in total. The van der Waals surface area contributed by atoms with Gasteiger partial charge in [-0.2, -0.15) is 0 Å². The lowest BCUT2D eigenvalue weighted by Crippen LogP contribution is -2.52. The highest BCUT2D eigenvalue weighted by atomic mass is 16.1. The van der Waals surface area contributed by atoms with Crippen molar-refractivity contribution < 1.29 is 4.79 Å². The van der Waals surface area contributed by atoms with E-state index in [0.29, 0.717) is 12.8 Å². The molecule has 4 heteroatoms. The van der Waals surface area contributed by atoms with E-state index < -0.39 is 0 Å². The smallest absolute Gasteiger partial charge is 0.220 e. The van der Waals surface area contributed by atoms with E-state index >= 15 is 0 Å². The normalized spacial score (nSPS) is 18.3. The van der Waals surface area contributed by atoms with Gasteiger partial charge in [0.05, 0.1) is 0 Å². The quantitative estimate of drug-likeness (QED) is 0.842. The molecule has 0 aromatic carbocycles. The third-order valence-electron chi connectivity index (χ3n) is 3.48. The SMILES string of the molecule is CC1(NC(=O)CCc2ccccn2)CCNCC1. The number of aromatic nitrogens is 1. The van der Waals surface area contributed by atoms with Gasteiger partial charge in [0.1, 0.15) is 0 Å². The molecule has 1 saturated heterocycles. The van der Waals surface area contributed by atoms with Crippen molar-refractivity contribution in [3.05, 3.63) is 30.1 Å². The number of carbonyl (C=O) groups excluding carboxylic acids is 1. The van der Waals surface area contributed by atoms with Crippen LogP contribution in [0.25, 0.3) is 0 Å². The summed E-state index contributed by atoms with van der Waals surface area (Å²) < 4.78 is 0. The van der Waals surface area contributed by atoms with Gasteiger partial charge in [-0.3, -0.25) is 9.78 Å². The van der Waals surface area contributed by atoms with Crippen LogP contribution in [-0.4, -0.2) is 29.5 Å². The molecular formula is C14H21N3O. The molecule has 2 rings (SSSR count). The molecule has 1 aliphatic heterocycles. The zero-order valence-electron chi connectivity index (χ0n) is 10.9. The molecule has 1 amide bonds. The highest BCUT2D eigenvalue weighted by Crippen LogP contribution is 2.17. The standard InChI is InChI=1S/C14H21N3O/c1-14(7-10-15-11-8-14)17-13(18)6-5-12-4-2-3-9-16-12/h2-4,9,15H,5-8,10-11H2,1H3,(H,17,18). The van der Waals surface area contributed by atoms with Gasteiger partial charge < -0.3 is 10.6 Å². The van der Waals surface area contributed by atoms with Crippen LogP contribution in [0.5, 0.6) is 0 Å². The average Bonchev–Trinajstić information content (AvgIpc) is 2.38. The van der Waals surface area contributed by atoms with Gasteiger partial charge in [-0.25, -0.2) is 0 Å². The lowest BCUT2D eigenvalue weighted by Gasteiger charge is -2.35. The Bertz CT molecular complexity index is 385. The molecule has 0 atom stereocenters. The summed E-state index contributed by atoms with van der Waals surface area (Å²) in [6.45, 7) is 4.10. The number of nitrogens with one attached hydrogen (secondary N) is 2. The van der Waals surface area contributed by atoms with Crippen LogP contribution in [0.1, 0.15) is 31.9 Å². The Morgan fingerprint density at radius 1 is 1.44 bits per heavy atom. The molecule has 2 heterocycles. The van der Waals surface area contributed by atoms with E-state index in [2.05, 4.69) is 22.5 Å². The van der Waals surface area contributed by atoms with Crippen molar-refractivity contribution in [1.82, 2.24) is 15.6 Å². The first-order chi connectivity index (χ1) is 8.68. The third kappa shape index (κ3) is 3.81. The predicted molar refractivity (Wildman–Crippen MR) is 71.2 cm³/mol. The zero-order valence-corrected chi connectivity index (χ0v) is 10.9. The fraction of sp³-hybridized carbons (Fsp3) is 0.571. The lowest BCUT2D eigenvalue weighted by atomic mass is 9.90. The van der Waals surface area contributed by atoms with Gasteiger partial charge in [0.2, 0.25) is 5.91 Å². The van der Waals surface area contributed by atoms with E-state index in [1.54, 1.807) is 6.20 Å². The maximum absolute atomic E-state index is 11.9. The van der Waals surface area contributed by atoms with Crippen LogP contribution < -0.4 is 10.6 Å². The number of pyridine rings is 1. The summed E-state index contributed by atoms with van der Waals surface area (Å²) in [5.41, 5.74) is 0.940. The first kappa shape index (κ1) is 13.0. The summed E-state index contributed by atoms with van der Waals surface area (Å²) >= 11 is 0. The molecule has 0 radical (unpaired) electrons. The molecular weight excluding hydrogens is 226 g/mol. The first-order valence-electron chi connectivity index (χ1n) is 6.60. The van der Waals surface area contributed by atoms with E-state index in [1.807, 2.05) is 18.2 Å². The van der Waals surface area contributed by atoms with E-state index in [0.717, 1.165) is 31.6 Å². The lowest BCUT2D eigenvalue weighted by molar-refractivity contribution is -0.123. The number of aryl methyl sites for hydroxylation is 1. The van der Waals surface area contributed by atoms with E-state index in [9.17, 15) is 4.79 Å². The van der Waals surface area contributed by atoms with Crippen LogP contribution in [0.15, 0.2) is 24.4 Å². The summed E-state index contributed by atoms with van der Waals surface area (Å²) in [6.07, 6.45) is 4.99. The van der Waals surface area contributed by atoms with Crippen molar-refractivity contribution in [2.45, 2.75) is 38.1 Å². The Balaban J connectivity index is 1.78. The maximum atomic E-state index is 11.9. The largest absolute Gasteiger partial charge is 0.351 e. The minimum absolute atomic E-state index is 0.0353. The first-order valence-corrected chi connectivity index (χ1v) is 6.60. The van der Waals surface area contributed by atoms with Gasteiger partial charge in [0.15, 0.2) is 0 Å². The molecule has 0 bridgehead atoms. The predicted octanol–water partition coefficient (Wildman–Crippen LogP) is 1.27. The fourth-order valence-corrected chi connectivity index (χ4v) is 2.29. The molecule has 0 aliphatic carbocycles. The monoisotopic (exact) mass is 247 g/mol. The highest BCUT2D eigenvalue weighted by molar-refractivity contribution is 5.77. The number of hydrogen-bond acceptors (Lipinski definition) is 3. The van der Waals surface area contributed by atoms with Crippen LogP contribution in [0.4, 0.5) is 0 Å². The Kier molecular flexibility index (Phi) is 4.31. The number of piperidine rings is 1. The Labute approximate surface area is 108 Å². The summed E-state index contributed by atoms with van der Waals surface area (Å²) in [5.74, 6) is 0.130. The molecule has 18 heavy (non-hydrogen) atoms. The van der Waals surface area contributed by atoms with Crippen molar-refractivity contribution in [1.29, 1.82) is 0 Å². The number of nitrogens with zero attached hydrogens (tertiary/aromatic N) is 1. The molecule has 0 saturated carbocycles.